The third kappa shape index (κ3) is 5.39. The van der Waals surface area contributed by atoms with Crippen molar-refractivity contribution >= 4 is 10.0 Å². The van der Waals surface area contributed by atoms with Gasteiger partial charge in [0.1, 0.15) is 0 Å². The third-order valence-electron chi connectivity index (χ3n) is 5.14. The van der Waals surface area contributed by atoms with Crippen LogP contribution in [0.3, 0.4) is 0 Å². The van der Waals surface area contributed by atoms with Gasteiger partial charge in [-0.1, -0.05) is 48.0 Å². The minimum absolute atomic E-state index is 0.114. The first kappa shape index (κ1) is 20.0. The van der Waals surface area contributed by atoms with Crippen LogP contribution >= 0.6 is 0 Å². The number of nitrogens with zero attached hydrogens (tertiary/aromatic N) is 1. The summed E-state index contributed by atoms with van der Waals surface area (Å²) < 4.78 is 28.7. The van der Waals surface area contributed by atoms with Crippen LogP contribution in [0.5, 0.6) is 0 Å². The van der Waals surface area contributed by atoms with E-state index in [0.717, 1.165) is 30.5 Å². The van der Waals surface area contributed by atoms with Crippen LogP contribution in [0.15, 0.2) is 59.5 Å². The molecular formula is C21H28N2O3S. The summed E-state index contributed by atoms with van der Waals surface area (Å²) in [4.78, 5) is 2.48. The highest BCUT2D eigenvalue weighted by Crippen LogP contribution is 2.19. The molecule has 27 heavy (non-hydrogen) atoms. The van der Waals surface area contributed by atoms with Crippen LogP contribution in [0.1, 0.15) is 24.0 Å². The molecule has 0 radical (unpaired) electrons. The second kappa shape index (κ2) is 8.97. The molecule has 0 bridgehead atoms. The van der Waals surface area contributed by atoms with E-state index in [0.29, 0.717) is 13.0 Å². The maximum atomic E-state index is 12.9. The molecular weight excluding hydrogens is 360 g/mol. The average molecular weight is 389 g/mol. The van der Waals surface area contributed by atoms with E-state index in [1.54, 1.807) is 12.1 Å². The third-order valence-corrected chi connectivity index (χ3v) is 6.68. The van der Waals surface area contributed by atoms with Crippen molar-refractivity contribution in [1.29, 1.82) is 0 Å². The Kier molecular flexibility index (Phi) is 6.65. The summed E-state index contributed by atoms with van der Waals surface area (Å²) in [5.41, 5.74) is 2.12. The van der Waals surface area contributed by atoms with Crippen LogP contribution in [0, 0.1) is 6.92 Å². The standard InChI is InChI=1S/C21H28N2O3S/c1-17-9-11-21(12-10-17)27(25,26)22-19(14-18-6-3-2-4-7-18)15-23-13-5-8-20(23)16-24/h2-4,6-7,9-12,19-20,22,24H,5,8,13-16H2,1H3/t19-,20+/m1/s1. The van der Waals surface area contributed by atoms with E-state index in [4.69, 9.17) is 0 Å². The lowest BCUT2D eigenvalue weighted by Gasteiger charge is -2.28. The fraction of sp³-hybridized carbons (Fsp3) is 0.429. The molecule has 0 aliphatic carbocycles. The van der Waals surface area contributed by atoms with Crippen molar-refractivity contribution in [2.24, 2.45) is 0 Å². The normalized spacial score (nSPS) is 19.3. The van der Waals surface area contributed by atoms with E-state index >= 15 is 0 Å². The van der Waals surface area contributed by atoms with Crippen LogP contribution in [-0.2, 0) is 16.4 Å². The van der Waals surface area contributed by atoms with Crippen LogP contribution in [0.4, 0.5) is 0 Å². The topological polar surface area (TPSA) is 69.6 Å². The maximum absolute atomic E-state index is 12.9. The Bertz CT molecular complexity index is 822. The van der Waals surface area contributed by atoms with Crippen LogP contribution in [0.25, 0.3) is 0 Å². The van der Waals surface area contributed by atoms with Crippen LogP contribution in [0.2, 0.25) is 0 Å². The molecule has 2 aromatic rings. The van der Waals surface area contributed by atoms with Gasteiger partial charge in [-0.25, -0.2) is 13.1 Å². The molecule has 1 heterocycles. The molecule has 146 valence electrons. The van der Waals surface area contributed by atoms with Crippen molar-refractivity contribution in [3.63, 3.8) is 0 Å². The van der Waals surface area contributed by atoms with Crippen molar-refractivity contribution in [1.82, 2.24) is 9.62 Å². The van der Waals surface area contributed by atoms with Gasteiger partial charge in [-0.15, -0.1) is 0 Å². The largest absolute Gasteiger partial charge is 0.395 e. The number of aliphatic hydroxyl groups excluding tert-OH is 1. The summed E-state index contributed by atoms with van der Waals surface area (Å²) in [6, 6.07) is 16.7. The van der Waals surface area contributed by atoms with E-state index in [1.165, 1.54) is 0 Å². The van der Waals surface area contributed by atoms with Crippen LogP contribution < -0.4 is 4.72 Å². The van der Waals surface area contributed by atoms with E-state index in [9.17, 15) is 13.5 Å². The molecule has 5 nitrogen and oxygen atoms in total. The number of rotatable bonds is 8. The summed E-state index contributed by atoms with van der Waals surface area (Å²) >= 11 is 0. The smallest absolute Gasteiger partial charge is 0.240 e. The molecule has 0 aromatic heterocycles. The van der Waals surface area contributed by atoms with Gasteiger partial charge in [0.2, 0.25) is 10.0 Å². The molecule has 6 heteroatoms. The van der Waals surface area contributed by atoms with Gasteiger partial charge in [0.25, 0.3) is 0 Å². The number of sulfonamides is 1. The second-order valence-corrected chi connectivity index (χ2v) is 9.01. The molecule has 1 fully saturated rings. The van der Waals surface area contributed by atoms with E-state index < -0.39 is 10.0 Å². The van der Waals surface area contributed by atoms with Crippen molar-refractivity contribution in [3.05, 3.63) is 65.7 Å². The second-order valence-electron chi connectivity index (χ2n) is 7.29. The number of likely N-dealkylation sites (tertiary alicyclic amines) is 1. The molecule has 1 aliphatic rings. The van der Waals surface area contributed by atoms with Gasteiger partial charge in [0, 0.05) is 18.6 Å². The lowest BCUT2D eigenvalue weighted by Crippen LogP contribution is -2.47. The van der Waals surface area contributed by atoms with Gasteiger partial charge in [-0.3, -0.25) is 4.90 Å². The summed E-state index contributed by atoms with van der Waals surface area (Å²) in [7, 11) is -3.60. The summed E-state index contributed by atoms with van der Waals surface area (Å²) in [5, 5.41) is 9.60. The summed E-state index contributed by atoms with van der Waals surface area (Å²) in [5.74, 6) is 0. The van der Waals surface area contributed by atoms with Gasteiger partial charge in [0.05, 0.1) is 11.5 Å². The van der Waals surface area contributed by atoms with E-state index in [-0.39, 0.29) is 23.6 Å². The zero-order valence-electron chi connectivity index (χ0n) is 15.7. The number of aryl methyl sites for hydroxylation is 1. The number of benzene rings is 2. The van der Waals surface area contributed by atoms with Crippen molar-refractivity contribution < 1.29 is 13.5 Å². The first-order chi connectivity index (χ1) is 13.0. The number of hydrogen-bond acceptors (Lipinski definition) is 4. The monoisotopic (exact) mass is 388 g/mol. The highest BCUT2D eigenvalue weighted by atomic mass is 32.2. The molecule has 1 saturated heterocycles. The molecule has 0 spiro atoms. The Hall–Kier alpha value is -1.73. The van der Waals surface area contributed by atoms with Crippen molar-refractivity contribution in [3.8, 4) is 0 Å². The molecule has 2 N–H and O–H groups in total. The minimum Gasteiger partial charge on any atom is -0.395 e. The molecule has 2 atom stereocenters. The molecule has 0 amide bonds. The summed E-state index contributed by atoms with van der Waals surface area (Å²) in [6.07, 6.45) is 2.61. The quantitative estimate of drug-likeness (QED) is 0.728. The maximum Gasteiger partial charge on any atom is 0.240 e. The number of nitrogens with one attached hydrogen (secondary N) is 1. The Morgan fingerprint density at radius 1 is 1.15 bits per heavy atom. The van der Waals surface area contributed by atoms with E-state index in [1.807, 2.05) is 49.4 Å². The Morgan fingerprint density at radius 2 is 1.85 bits per heavy atom. The predicted molar refractivity (Wildman–Crippen MR) is 107 cm³/mol. The van der Waals surface area contributed by atoms with Gasteiger partial charge in [-0.2, -0.15) is 0 Å². The lowest BCUT2D eigenvalue weighted by atomic mass is 10.1. The first-order valence-corrected chi connectivity index (χ1v) is 10.9. The molecule has 0 saturated carbocycles. The molecule has 3 rings (SSSR count). The van der Waals surface area contributed by atoms with Gasteiger partial charge >= 0.3 is 0 Å². The number of hydrogen-bond donors (Lipinski definition) is 2. The highest BCUT2D eigenvalue weighted by Gasteiger charge is 2.28. The Labute approximate surface area is 162 Å². The molecule has 2 aromatic carbocycles. The molecule has 1 aliphatic heterocycles. The van der Waals surface area contributed by atoms with Gasteiger partial charge in [0.15, 0.2) is 0 Å². The minimum atomic E-state index is -3.60. The Balaban J connectivity index is 1.79. The molecule has 0 unspecified atom stereocenters. The highest BCUT2D eigenvalue weighted by molar-refractivity contribution is 7.89. The van der Waals surface area contributed by atoms with Crippen molar-refractivity contribution in [2.75, 3.05) is 19.7 Å². The van der Waals surface area contributed by atoms with Gasteiger partial charge in [-0.05, 0) is 50.4 Å². The zero-order chi connectivity index (χ0) is 19.3. The zero-order valence-corrected chi connectivity index (χ0v) is 16.5. The van der Waals surface area contributed by atoms with E-state index in [2.05, 4.69) is 9.62 Å². The van der Waals surface area contributed by atoms with Gasteiger partial charge < -0.3 is 5.11 Å². The fourth-order valence-corrected chi connectivity index (χ4v) is 4.90. The van der Waals surface area contributed by atoms with Crippen LogP contribution in [-0.4, -0.2) is 50.2 Å². The average Bonchev–Trinajstić information content (AvgIpc) is 3.09. The first-order valence-electron chi connectivity index (χ1n) is 9.46. The SMILES string of the molecule is Cc1ccc(S(=O)(=O)N[C@H](Cc2ccccc2)CN2CCC[C@H]2CO)cc1. The number of aliphatic hydroxyl groups is 1. The fourth-order valence-electron chi connectivity index (χ4n) is 3.67. The predicted octanol–water partition coefficient (Wildman–Crippen LogP) is 2.34. The summed E-state index contributed by atoms with van der Waals surface area (Å²) in [6.45, 7) is 3.53. The van der Waals surface area contributed by atoms with Crippen molar-refractivity contribution in [2.45, 2.75) is 43.2 Å². The lowest BCUT2D eigenvalue weighted by molar-refractivity contribution is 0.151. The Morgan fingerprint density at radius 3 is 2.52 bits per heavy atom.